The number of nitrogens with zero attached hydrogens (tertiary/aromatic N) is 2. The summed E-state index contributed by atoms with van der Waals surface area (Å²) in [7, 11) is 4.11. The van der Waals surface area contributed by atoms with Crippen molar-refractivity contribution >= 4 is 22.4 Å². The molecule has 1 aliphatic carbocycles. The van der Waals surface area contributed by atoms with Crippen LogP contribution in [-0.2, 0) is 11.2 Å². The number of thiazole rings is 1. The second kappa shape index (κ2) is 6.34. The van der Waals surface area contributed by atoms with Crippen LogP contribution in [0.5, 0.6) is 0 Å². The van der Waals surface area contributed by atoms with Gasteiger partial charge in [0.2, 0.25) is 0 Å². The maximum atomic E-state index is 11.2. The number of carboxylic acid groups (broad SMARTS) is 1. The lowest BCUT2D eigenvalue weighted by molar-refractivity contribution is -0.139. The van der Waals surface area contributed by atoms with Crippen molar-refractivity contribution in [1.29, 1.82) is 0 Å². The fourth-order valence-electron chi connectivity index (χ4n) is 2.33. The number of fused-ring (bicyclic) bond motifs is 1. The second-order valence-electron chi connectivity index (χ2n) is 5.19. The van der Waals surface area contributed by atoms with Gasteiger partial charge in [-0.2, -0.15) is 0 Å². The molecule has 0 saturated heterocycles. The number of aromatic nitrogens is 1. The van der Waals surface area contributed by atoms with Crippen LogP contribution in [0.1, 0.15) is 35.8 Å². The van der Waals surface area contributed by atoms with Crippen molar-refractivity contribution in [3.63, 3.8) is 0 Å². The van der Waals surface area contributed by atoms with E-state index in [-0.39, 0.29) is 0 Å². The van der Waals surface area contributed by atoms with Crippen LogP contribution in [0, 0.1) is 0 Å². The fourth-order valence-corrected chi connectivity index (χ4v) is 3.42. The van der Waals surface area contributed by atoms with Crippen molar-refractivity contribution in [2.75, 3.05) is 32.5 Å². The highest BCUT2D eigenvalue weighted by Gasteiger charge is 2.29. The van der Waals surface area contributed by atoms with E-state index in [4.69, 9.17) is 0 Å². The summed E-state index contributed by atoms with van der Waals surface area (Å²) in [5.74, 6) is -1.15. The monoisotopic (exact) mass is 283 g/mol. The maximum Gasteiger partial charge on any atom is 0.312 e. The quantitative estimate of drug-likeness (QED) is 0.782. The van der Waals surface area contributed by atoms with Crippen LogP contribution in [0.3, 0.4) is 0 Å². The largest absolute Gasteiger partial charge is 0.481 e. The number of hydrogen-bond acceptors (Lipinski definition) is 5. The molecule has 0 bridgehead atoms. The number of aliphatic carboxylic acids is 1. The first-order chi connectivity index (χ1) is 9.08. The lowest BCUT2D eigenvalue weighted by atomic mass is 9.91. The average molecular weight is 283 g/mol. The molecule has 1 aromatic rings. The van der Waals surface area contributed by atoms with Gasteiger partial charge >= 0.3 is 5.97 Å². The predicted octanol–water partition coefficient (Wildman–Crippen LogP) is 2.01. The summed E-state index contributed by atoms with van der Waals surface area (Å²) in [6, 6.07) is 0. The van der Waals surface area contributed by atoms with Gasteiger partial charge in [-0.25, -0.2) is 4.98 Å². The van der Waals surface area contributed by atoms with E-state index < -0.39 is 11.9 Å². The maximum absolute atomic E-state index is 11.2. The zero-order valence-corrected chi connectivity index (χ0v) is 12.3. The predicted molar refractivity (Wildman–Crippen MR) is 77.1 cm³/mol. The number of aryl methyl sites for hydroxylation is 1. The third kappa shape index (κ3) is 3.67. The molecule has 1 atom stereocenters. The van der Waals surface area contributed by atoms with Gasteiger partial charge < -0.3 is 15.3 Å². The molecule has 0 aliphatic heterocycles. The molecule has 106 valence electrons. The number of rotatable bonds is 6. The number of anilines is 1. The van der Waals surface area contributed by atoms with Crippen LogP contribution >= 0.6 is 11.3 Å². The Balaban J connectivity index is 1.95. The van der Waals surface area contributed by atoms with Crippen LogP contribution in [0.15, 0.2) is 0 Å². The zero-order chi connectivity index (χ0) is 13.8. The Labute approximate surface area is 117 Å². The minimum Gasteiger partial charge on any atom is -0.481 e. The van der Waals surface area contributed by atoms with Crippen molar-refractivity contribution in [2.24, 2.45) is 0 Å². The summed E-state index contributed by atoms with van der Waals surface area (Å²) in [5.41, 5.74) is 0.791. The first-order valence-electron chi connectivity index (χ1n) is 6.69. The van der Waals surface area contributed by atoms with E-state index in [1.807, 2.05) is 0 Å². The summed E-state index contributed by atoms with van der Waals surface area (Å²) in [5, 5.41) is 13.4. The van der Waals surface area contributed by atoms with Gasteiger partial charge in [0.15, 0.2) is 5.13 Å². The van der Waals surface area contributed by atoms with Gasteiger partial charge in [-0.15, -0.1) is 11.3 Å². The van der Waals surface area contributed by atoms with Crippen molar-refractivity contribution in [2.45, 2.75) is 31.6 Å². The molecule has 0 amide bonds. The first-order valence-corrected chi connectivity index (χ1v) is 7.50. The molecule has 19 heavy (non-hydrogen) atoms. The zero-order valence-electron chi connectivity index (χ0n) is 11.5. The molecule has 0 aromatic carbocycles. The number of hydrogen-bond donors (Lipinski definition) is 2. The van der Waals surface area contributed by atoms with E-state index in [2.05, 4.69) is 29.3 Å². The van der Waals surface area contributed by atoms with Gasteiger partial charge in [-0.05, 0) is 46.3 Å². The summed E-state index contributed by atoms with van der Waals surface area (Å²) in [6.07, 6.45) is 3.69. The molecule has 0 fully saturated rings. The Morgan fingerprint density at radius 3 is 3.05 bits per heavy atom. The van der Waals surface area contributed by atoms with Gasteiger partial charge in [0.1, 0.15) is 5.92 Å². The van der Waals surface area contributed by atoms with Gasteiger partial charge in [0.05, 0.1) is 5.69 Å². The van der Waals surface area contributed by atoms with Crippen LogP contribution in [0.4, 0.5) is 5.13 Å². The molecule has 0 saturated carbocycles. The molecule has 5 nitrogen and oxygen atoms in total. The van der Waals surface area contributed by atoms with Crippen molar-refractivity contribution in [1.82, 2.24) is 9.88 Å². The summed E-state index contributed by atoms with van der Waals surface area (Å²) >= 11 is 1.62. The molecule has 1 aromatic heterocycles. The Bertz CT molecular complexity index is 445. The minimum absolute atomic E-state index is 0.405. The summed E-state index contributed by atoms with van der Waals surface area (Å²) < 4.78 is 0. The van der Waals surface area contributed by atoms with E-state index in [9.17, 15) is 9.90 Å². The SMILES string of the molecule is CN(C)CCCNc1nc2c(s1)CCCC2C(=O)O. The summed E-state index contributed by atoms with van der Waals surface area (Å²) in [4.78, 5) is 19.0. The van der Waals surface area contributed by atoms with Crippen molar-refractivity contribution < 1.29 is 9.90 Å². The number of carbonyl (C=O) groups is 1. The van der Waals surface area contributed by atoms with E-state index >= 15 is 0 Å². The molecule has 1 heterocycles. The standard InChI is InChI=1S/C13H21N3O2S/c1-16(2)8-4-7-14-13-15-11-9(12(17)18)5-3-6-10(11)19-13/h9H,3-8H2,1-2H3,(H,14,15)(H,17,18). The molecule has 0 radical (unpaired) electrons. The number of nitrogens with one attached hydrogen (secondary N) is 1. The lowest BCUT2D eigenvalue weighted by Gasteiger charge is -2.16. The van der Waals surface area contributed by atoms with Crippen LogP contribution in [0.2, 0.25) is 0 Å². The topological polar surface area (TPSA) is 65.5 Å². The normalized spacial score (nSPS) is 18.4. The molecular weight excluding hydrogens is 262 g/mol. The Kier molecular flexibility index (Phi) is 4.76. The Morgan fingerprint density at radius 1 is 1.58 bits per heavy atom. The van der Waals surface area contributed by atoms with E-state index in [0.717, 1.165) is 48.1 Å². The third-order valence-electron chi connectivity index (χ3n) is 3.31. The second-order valence-corrected chi connectivity index (χ2v) is 6.28. The Hall–Kier alpha value is -1.14. The highest BCUT2D eigenvalue weighted by atomic mass is 32.1. The molecule has 1 aliphatic rings. The smallest absolute Gasteiger partial charge is 0.312 e. The van der Waals surface area contributed by atoms with Crippen molar-refractivity contribution in [3.05, 3.63) is 10.6 Å². The van der Waals surface area contributed by atoms with Crippen LogP contribution in [0.25, 0.3) is 0 Å². The molecule has 2 rings (SSSR count). The van der Waals surface area contributed by atoms with Crippen molar-refractivity contribution in [3.8, 4) is 0 Å². The molecular formula is C13H21N3O2S. The average Bonchev–Trinajstić information content (AvgIpc) is 2.76. The molecule has 6 heteroatoms. The highest BCUT2D eigenvalue weighted by molar-refractivity contribution is 7.15. The minimum atomic E-state index is -0.745. The van der Waals surface area contributed by atoms with Gasteiger partial charge in [-0.1, -0.05) is 0 Å². The van der Waals surface area contributed by atoms with E-state index in [1.165, 1.54) is 0 Å². The summed E-state index contributed by atoms with van der Waals surface area (Å²) in [6.45, 7) is 1.91. The molecule has 2 N–H and O–H groups in total. The number of carboxylic acids is 1. The van der Waals surface area contributed by atoms with Gasteiger partial charge in [0, 0.05) is 11.4 Å². The molecule has 1 unspecified atom stereocenters. The first kappa shape index (κ1) is 14.3. The Morgan fingerprint density at radius 2 is 2.37 bits per heavy atom. The van der Waals surface area contributed by atoms with Crippen LogP contribution < -0.4 is 5.32 Å². The molecule has 0 spiro atoms. The fraction of sp³-hybridized carbons (Fsp3) is 0.692. The van der Waals surface area contributed by atoms with Gasteiger partial charge in [-0.3, -0.25) is 4.79 Å². The third-order valence-corrected chi connectivity index (χ3v) is 4.40. The van der Waals surface area contributed by atoms with E-state index in [1.54, 1.807) is 11.3 Å². The van der Waals surface area contributed by atoms with E-state index in [0.29, 0.717) is 6.42 Å². The lowest BCUT2D eigenvalue weighted by Crippen LogP contribution is -2.17. The van der Waals surface area contributed by atoms with Crippen LogP contribution in [-0.4, -0.2) is 48.1 Å². The van der Waals surface area contributed by atoms with Gasteiger partial charge in [0.25, 0.3) is 0 Å². The highest BCUT2D eigenvalue weighted by Crippen LogP contribution is 2.36.